The lowest BCUT2D eigenvalue weighted by atomic mass is 10.0. The van der Waals surface area contributed by atoms with Gasteiger partial charge in [0.25, 0.3) is 0 Å². The third-order valence-electron chi connectivity index (χ3n) is 21.3. The van der Waals surface area contributed by atoms with E-state index in [1.165, 1.54) is 519 Å². The molecule has 99 heavy (non-hydrogen) atoms. The Labute approximate surface area is 634 Å². The second-order valence-corrected chi connectivity index (χ2v) is 32.2. The quantitative estimate of drug-likeness (QED) is 0.0323. The lowest BCUT2D eigenvalue weighted by Gasteiger charge is -2.02. The minimum atomic E-state index is 1.18. The van der Waals surface area contributed by atoms with Gasteiger partial charge in [0.05, 0.1) is 0 Å². The Kier molecular flexibility index (Phi) is 94.8. The highest BCUT2D eigenvalue weighted by atomic mass is 79.9. The summed E-state index contributed by atoms with van der Waals surface area (Å²) in [7, 11) is 0. The fraction of sp³-hybridized carbons (Fsp3) is 0.837. The van der Waals surface area contributed by atoms with Gasteiger partial charge in [0.15, 0.2) is 0 Å². The monoisotopic (exact) mass is 1440 g/mol. The van der Waals surface area contributed by atoms with Crippen molar-refractivity contribution < 1.29 is 0 Å². The number of alkyl halides is 1. The summed E-state index contributed by atoms with van der Waals surface area (Å²) in [5, 5.41) is 1.18. The van der Waals surface area contributed by atoms with E-state index in [0.717, 1.165) is 0 Å². The molecule has 0 aromatic rings. The van der Waals surface area contributed by atoms with Crippen LogP contribution in [0.5, 0.6) is 0 Å². The molecule has 0 aliphatic carbocycles. The number of rotatable bonds is 88. The van der Waals surface area contributed by atoms with E-state index in [9.17, 15) is 0 Å². The Bertz CT molecular complexity index is 1650. The first-order valence-electron chi connectivity index (χ1n) is 46.1. The summed E-state index contributed by atoms with van der Waals surface area (Å²) in [5.74, 6) is 0. The van der Waals surface area contributed by atoms with Crippen molar-refractivity contribution in [2.24, 2.45) is 0 Å². The van der Waals surface area contributed by atoms with Gasteiger partial charge in [-0.3, -0.25) is 0 Å². The Morgan fingerprint density at radius 3 is 0.283 bits per heavy atom. The summed E-state index contributed by atoms with van der Waals surface area (Å²) in [6.45, 7) is 2.13. The largest absolute Gasteiger partial charge is 0.0928 e. The molecule has 0 heterocycles. The van der Waals surface area contributed by atoms with Crippen molar-refractivity contribution >= 4 is 15.9 Å². The molecule has 0 aromatic carbocycles. The predicted molar refractivity (Wildman–Crippen MR) is 462 cm³/mol. The summed E-state index contributed by atoms with van der Waals surface area (Å²) in [6.07, 6.45) is 151. The smallest absolute Gasteiger partial charge is 0.00313 e. The van der Waals surface area contributed by atoms with Gasteiger partial charge in [0, 0.05) is 5.33 Å². The summed E-state index contributed by atoms with van der Waals surface area (Å²) >= 11 is 3.53. The average molecular weight is 1440 g/mol. The standard InChI is InChI=1S/C98H181Br/c1-2-3-4-5-6-7-8-9-10-11-12-13-14-15-16-17-18-19-20-21-22-23-24-25-26-27-28-29-30-31-32-33-34-35-36-37-38-39-40-41-42-43-44-45-46-47-48-49-50-51-52-53-54-55-56-57-58-59-60-61-62-63-64-65-66-67-68-69-70-71-72-73-74-75-76-77-78-79-80-81-82-83-84-85-86-87-88-89-90-91-92-93-94-95-96-97-98-99/h2-3,14-15,26-27,38-39,50-51,62-63,74-75,86-87H,4-13,16-25,28-37,40-49,52-61,64-73,76-85,88-98H2,1H3/b3-2+,15-14+,27-26+,39-38+,51-50+,63-62+,75-74+,87-86+. The molecule has 0 rings (SSSR count). The van der Waals surface area contributed by atoms with Crippen LogP contribution in [-0.4, -0.2) is 5.33 Å². The summed E-state index contributed by atoms with van der Waals surface area (Å²) in [6, 6.07) is 0. The Morgan fingerprint density at radius 2 is 0.192 bits per heavy atom. The molecule has 0 fully saturated rings. The van der Waals surface area contributed by atoms with Crippen LogP contribution < -0.4 is 0 Å². The van der Waals surface area contributed by atoms with Crippen LogP contribution in [0.1, 0.15) is 521 Å². The molecular weight excluding hydrogens is 1260 g/mol. The molecule has 0 saturated heterocycles. The van der Waals surface area contributed by atoms with Crippen LogP contribution in [0.15, 0.2) is 97.2 Å². The molecule has 0 N–H and O–H groups in total. The van der Waals surface area contributed by atoms with Crippen molar-refractivity contribution in [3.8, 4) is 0 Å². The van der Waals surface area contributed by atoms with Gasteiger partial charge in [-0.1, -0.05) is 428 Å². The third kappa shape index (κ3) is 96.4. The van der Waals surface area contributed by atoms with Crippen LogP contribution in [0.3, 0.4) is 0 Å². The number of hydrogen-bond donors (Lipinski definition) is 0. The maximum atomic E-state index is 3.53. The van der Waals surface area contributed by atoms with E-state index in [4.69, 9.17) is 0 Å². The van der Waals surface area contributed by atoms with Crippen molar-refractivity contribution in [1.82, 2.24) is 0 Å². The molecule has 0 aliphatic heterocycles. The van der Waals surface area contributed by atoms with Crippen molar-refractivity contribution in [1.29, 1.82) is 0 Å². The molecule has 0 unspecified atom stereocenters. The molecule has 0 aromatic heterocycles. The fourth-order valence-corrected chi connectivity index (χ4v) is 14.9. The Morgan fingerprint density at radius 1 is 0.111 bits per heavy atom. The van der Waals surface area contributed by atoms with Gasteiger partial charge in [0.1, 0.15) is 0 Å². The van der Waals surface area contributed by atoms with Gasteiger partial charge in [-0.15, -0.1) is 0 Å². The van der Waals surface area contributed by atoms with Crippen molar-refractivity contribution in [2.75, 3.05) is 5.33 Å². The van der Waals surface area contributed by atoms with E-state index < -0.39 is 0 Å². The lowest BCUT2D eigenvalue weighted by molar-refractivity contribution is 0.566. The van der Waals surface area contributed by atoms with Gasteiger partial charge >= 0.3 is 0 Å². The second-order valence-electron chi connectivity index (χ2n) is 31.4. The highest BCUT2D eigenvalue weighted by Gasteiger charge is 2.00. The number of halogens is 1. The van der Waals surface area contributed by atoms with E-state index >= 15 is 0 Å². The van der Waals surface area contributed by atoms with E-state index in [0.29, 0.717) is 0 Å². The predicted octanol–water partition coefficient (Wildman–Crippen LogP) is 37.1. The molecule has 1 heteroatoms. The zero-order valence-electron chi connectivity index (χ0n) is 67.9. The number of hydrogen-bond acceptors (Lipinski definition) is 0. The highest BCUT2D eigenvalue weighted by molar-refractivity contribution is 9.09. The first kappa shape index (κ1) is 97.4. The zero-order chi connectivity index (χ0) is 70.6. The average Bonchev–Trinajstić information content (AvgIpc) is 3.64. The lowest BCUT2D eigenvalue weighted by Crippen LogP contribution is -1.82. The van der Waals surface area contributed by atoms with E-state index in [1.54, 1.807) is 0 Å². The maximum absolute atomic E-state index is 3.53. The van der Waals surface area contributed by atoms with Gasteiger partial charge in [-0.2, -0.15) is 0 Å². The maximum Gasteiger partial charge on any atom is 0.00313 e. The van der Waals surface area contributed by atoms with Gasteiger partial charge in [-0.05, 0) is 206 Å². The normalized spacial score (nSPS) is 12.5. The van der Waals surface area contributed by atoms with E-state index in [-0.39, 0.29) is 0 Å². The molecule has 0 amide bonds. The van der Waals surface area contributed by atoms with Gasteiger partial charge in [-0.25, -0.2) is 0 Å². The van der Waals surface area contributed by atoms with Crippen LogP contribution in [0.2, 0.25) is 0 Å². The van der Waals surface area contributed by atoms with Crippen LogP contribution in [0.25, 0.3) is 0 Å². The zero-order valence-corrected chi connectivity index (χ0v) is 69.5. The van der Waals surface area contributed by atoms with Crippen molar-refractivity contribution in [3.05, 3.63) is 97.2 Å². The van der Waals surface area contributed by atoms with Crippen LogP contribution in [-0.2, 0) is 0 Å². The molecule has 0 aliphatic rings. The first-order valence-corrected chi connectivity index (χ1v) is 47.3. The van der Waals surface area contributed by atoms with Crippen molar-refractivity contribution in [2.45, 2.75) is 521 Å². The van der Waals surface area contributed by atoms with Crippen molar-refractivity contribution in [3.63, 3.8) is 0 Å². The minimum Gasteiger partial charge on any atom is -0.0928 e. The van der Waals surface area contributed by atoms with Crippen LogP contribution in [0, 0.1) is 0 Å². The topological polar surface area (TPSA) is 0 Å². The molecule has 0 atom stereocenters. The van der Waals surface area contributed by atoms with E-state index in [1.807, 2.05) is 0 Å². The van der Waals surface area contributed by atoms with Gasteiger partial charge < -0.3 is 0 Å². The molecule has 0 bridgehead atoms. The van der Waals surface area contributed by atoms with Gasteiger partial charge in [0.2, 0.25) is 0 Å². The summed E-state index contributed by atoms with van der Waals surface area (Å²) in [5.41, 5.74) is 0. The van der Waals surface area contributed by atoms with Crippen LogP contribution >= 0.6 is 15.9 Å². The SMILES string of the molecule is C/C=C/CCCCCCCCCC/C=C/CCCCCCCCCC/C=C/CCCCCCCCCC/C=C/CCCCCCCCCC/C=C/CCCCCCCCCC/C=C/CCCCCCCCCC/C=C/CCCCCCCCCC/C=C/CCCCCCCCCCCBr. The Balaban J connectivity index is 3.22. The summed E-state index contributed by atoms with van der Waals surface area (Å²) in [4.78, 5) is 0. The Hall–Kier alpha value is -1.60. The van der Waals surface area contributed by atoms with E-state index in [2.05, 4.69) is 120 Å². The first-order chi connectivity index (χ1) is 49.4. The molecule has 0 radical (unpaired) electrons. The number of allylic oxidation sites excluding steroid dienone is 16. The molecule has 0 saturated carbocycles. The highest BCUT2D eigenvalue weighted by Crippen LogP contribution is 2.20. The second kappa shape index (κ2) is 96.4. The summed E-state index contributed by atoms with van der Waals surface area (Å²) < 4.78 is 0. The molecule has 0 nitrogen and oxygen atoms in total. The molecular formula is C98H181Br. The molecule has 0 spiro atoms. The fourth-order valence-electron chi connectivity index (χ4n) is 14.5. The number of unbranched alkanes of at least 4 members (excludes halogenated alkanes) is 72. The molecule has 580 valence electrons. The minimum absolute atomic E-state index is 1.18. The van der Waals surface area contributed by atoms with Crippen LogP contribution in [0.4, 0.5) is 0 Å². The third-order valence-corrected chi connectivity index (χ3v) is 21.9.